The number of imidazole rings is 1. The van der Waals surface area contributed by atoms with Crippen LogP contribution in [-0.4, -0.2) is 55.4 Å². The van der Waals surface area contributed by atoms with E-state index in [2.05, 4.69) is 64.7 Å². The molecule has 0 unspecified atom stereocenters. The van der Waals surface area contributed by atoms with Gasteiger partial charge >= 0.3 is 0 Å². The van der Waals surface area contributed by atoms with E-state index >= 15 is 8.78 Å². The average Bonchev–Trinajstić information content (AvgIpc) is 3.30. The van der Waals surface area contributed by atoms with Gasteiger partial charge in [0.1, 0.15) is 17.0 Å². The maximum Gasteiger partial charge on any atom is 0.236 e. The second-order valence-electron chi connectivity index (χ2n) is 10.9. The highest BCUT2D eigenvalue weighted by atomic mass is 127. The number of carbonyl (C=O) groups excluding carboxylic acids is 1. The predicted octanol–water partition coefficient (Wildman–Crippen LogP) is 5.37. The third-order valence-electron chi connectivity index (χ3n) is 8.04. The summed E-state index contributed by atoms with van der Waals surface area (Å²) in [6.45, 7) is 3.65. The first-order valence-electron chi connectivity index (χ1n) is 13.9. The first-order chi connectivity index (χ1) is 19.8. The summed E-state index contributed by atoms with van der Waals surface area (Å²) in [4.78, 5) is 31.8. The highest BCUT2D eigenvalue weighted by Gasteiger charge is 2.26. The molecule has 0 saturated heterocycles. The van der Waals surface area contributed by atoms with Gasteiger partial charge in [0.05, 0.1) is 18.3 Å². The zero-order valence-corrected chi connectivity index (χ0v) is 25.1. The third kappa shape index (κ3) is 5.63. The number of aromatic nitrogens is 5. The number of nitrogens with one attached hydrogen (secondary N) is 2. The Kier molecular flexibility index (Phi) is 7.86. The van der Waals surface area contributed by atoms with Gasteiger partial charge in [-0.1, -0.05) is 13.0 Å². The fraction of sp³-hybridized carbons (Fsp3) is 0.414. The summed E-state index contributed by atoms with van der Waals surface area (Å²) < 4.78 is 33.2. The number of amides is 1. The Labute approximate surface area is 250 Å². The Morgan fingerprint density at radius 1 is 1.10 bits per heavy atom. The molecule has 0 spiro atoms. The Balaban J connectivity index is 1.28. The number of hydrogen-bond donors (Lipinski definition) is 2. The first kappa shape index (κ1) is 27.9. The number of halogens is 3. The lowest BCUT2D eigenvalue weighted by molar-refractivity contribution is -0.131. The van der Waals surface area contributed by atoms with E-state index in [0.717, 1.165) is 47.0 Å². The van der Waals surface area contributed by atoms with E-state index in [-0.39, 0.29) is 29.1 Å². The van der Waals surface area contributed by atoms with Crippen LogP contribution in [0.1, 0.15) is 49.9 Å². The summed E-state index contributed by atoms with van der Waals surface area (Å²) in [5.41, 5.74) is 3.13. The van der Waals surface area contributed by atoms with Crippen LogP contribution in [0.3, 0.4) is 0 Å². The first-order valence-corrected chi connectivity index (χ1v) is 15.0. The van der Waals surface area contributed by atoms with Crippen molar-refractivity contribution >= 4 is 51.3 Å². The number of carbonyl (C=O) groups is 1. The van der Waals surface area contributed by atoms with Crippen LogP contribution >= 0.6 is 22.6 Å². The molecular weight excluding hydrogens is 641 g/mol. The summed E-state index contributed by atoms with van der Waals surface area (Å²) >= 11 is 2.16. The largest absolute Gasteiger partial charge is 0.337 e. The fourth-order valence-corrected chi connectivity index (χ4v) is 6.71. The van der Waals surface area contributed by atoms with E-state index in [1.807, 2.05) is 6.07 Å². The molecule has 41 heavy (non-hydrogen) atoms. The van der Waals surface area contributed by atoms with Crippen molar-refractivity contribution in [3.05, 3.63) is 57.2 Å². The van der Waals surface area contributed by atoms with Crippen LogP contribution in [0.4, 0.5) is 20.5 Å². The van der Waals surface area contributed by atoms with Crippen molar-refractivity contribution < 1.29 is 13.6 Å². The predicted molar refractivity (Wildman–Crippen MR) is 161 cm³/mol. The lowest BCUT2D eigenvalue weighted by atomic mass is 9.87. The average molecular weight is 673 g/mol. The normalized spacial score (nSPS) is 18.9. The molecule has 0 bridgehead atoms. The molecule has 1 amide bonds. The van der Waals surface area contributed by atoms with Crippen LogP contribution < -0.4 is 10.6 Å². The van der Waals surface area contributed by atoms with E-state index in [1.165, 1.54) is 6.07 Å². The summed E-state index contributed by atoms with van der Waals surface area (Å²) in [6, 6.07) is 7.00. The molecule has 1 aliphatic heterocycles. The quantitative estimate of drug-likeness (QED) is 0.266. The summed E-state index contributed by atoms with van der Waals surface area (Å²) in [5.74, 6) is 0.236. The SMILES string of the molecule is CNCC(=O)N1CCc2nc(Nc3ncc(F)c(-c4cc(F)c5nc(I)n(C6CCC(C)CC6)c5c4)n3)ccc2C1. The molecule has 3 aromatic heterocycles. The van der Waals surface area contributed by atoms with Crippen LogP contribution in [0.25, 0.3) is 22.3 Å². The van der Waals surface area contributed by atoms with Crippen LogP contribution in [0, 0.1) is 21.4 Å². The molecule has 12 heteroatoms. The van der Waals surface area contributed by atoms with Crippen LogP contribution in [0.15, 0.2) is 30.5 Å². The van der Waals surface area contributed by atoms with E-state index in [9.17, 15) is 4.79 Å². The van der Waals surface area contributed by atoms with Gasteiger partial charge in [-0.25, -0.2) is 28.7 Å². The molecule has 4 heterocycles. The number of pyridine rings is 1. The van der Waals surface area contributed by atoms with Crippen molar-refractivity contribution in [2.24, 2.45) is 5.92 Å². The van der Waals surface area contributed by atoms with Crippen LogP contribution in [0.5, 0.6) is 0 Å². The maximum absolute atomic E-state index is 15.3. The molecule has 1 aromatic carbocycles. The van der Waals surface area contributed by atoms with Gasteiger partial charge in [-0.2, -0.15) is 0 Å². The lowest BCUT2D eigenvalue weighted by Gasteiger charge is -2.28. The van der Waals surface area contributed by atoms with Crippen molar-refractivity contribution in [2.45, 2.75) is 51.6 Å². The fourth-order valence-electron chi connectivity index (χ4n) is 5.82. The molecule has 2 N–H and O–H groups in total. The number of fused-ring (bicyclic) bond motifs is 2. The molecule has 2 aliphatic rings. The van der Waals surface area contributed by atoms with Gasteiger partial charge in [-0.3, -0.25) is 4.79 Å². The second kappa shape index (κ2) is 11.6. The molecule has 1 saturated carbocycles. The van der Waals surface area contributed by atoms with Gasteiger partial charge < -0.3 is 20.1 Å². The summed E-state index contributed by atoms with van der Waals surface area (Å²) in [6.07, 6.45) is 5.94. The number of nitrogens with zero attached hydrogens (tertiary/aromatic N) is 6. The minimum absolute atomic E-state index is 0.0000256. The van der Waals surface area contributed by atoms with E-state index in [4.69, 9.17) is 0 Å². The highest BCUT2D eigenvalue weighted by molar-refractivity contribution is 14.1. The zero-order valence-electron chi connectivity index (χ0n) is 22.9. The van der Waals surface area contributed by atoms with Crippen LogP contribution in [-0.2, 0) is 17.8 Å². The molecule has 1 aliphatic carbocycles. The number of rotatable bonds is 6. The van der Waals surface area contributed by atoms with Crippen molar-refractivity contribution in [3.8, 4) is 11.3 Å². The standard InChI is InChI=1S/C29H31F2IN8O/c1-16-3-6-19(7-4-16)40-23-12-18(11-20(30)27(23)37-28(40)32)26-21(31)13-34-29(38-26)36-24-8-5-17-15-39(25(41)14-33-2)10-9-22(17)35-24/h5,8,11-13,16,19,33H,3-4,6-7,9-10,14-15H2,1-2H3,(H,34,35,36,38). The number of hydrogen-bond acceptors (Lipinski definition) is 7. The van der Waals surface area contributed by atoms with Gasteiger partial charge in [0, 0.05) is 36.8 Å². The molecule has 1 fully saturated rings. The van der Waals surface area contributed by atoms with Gasteiger partial charge in [0.2, 0.25) is 11.9 Å². The second-order valence-corrected chi connectivity index (χ2v) is 11.9. The Morgan fingerprint density at radius 2 is 1.90 bits per heavy atom. The van der Waals surface area contributed by atoms with Gasteiger partial charge in [0.15, 0.2) is 15.5 Å². The van der Waals surface area contributed by atoms with E-state index in [1.54, 1.807) is 24.1 Å². The lowest BCUT2D eigenvalue weighted by Crippen LogP contribution is -2.40. The number of anilines is 2. The van der Waals surface area contributed by atoms with Crippen LogP contribution in [0.2, 0.25) is 0 Å². The molecular formula is C29H31F2IN8O. The molecule has 9 nitrogen and oxygen atoms in total. The molecule has 0 radical (unpaired) electrons. The Hall–Kier alpha value is -3.26. The Morgan fingerprint density at radius 3 is 2.68 bits per heavy atom. The van der Waals surface area contributed by atoms with Crippen molar-refractivity contribution in [1.82, 2.24) is 34.7 Å². The van der Waals surface area contributed by atoms with Crippen molar-refractivity contribution in [2.75, 3.05) is 25.5 Å². The smallest absolute Gasteiger partial charge is 0.236 e. The van der Waals surface area contributed by atoms with E-state index < -0.39 is 11.6 Å². The highest BCUT2D eigenvalue weighted by Crippen LogP contribution is 2.37. The van der Waals surface area contributed by atoms with Crippen molar-refractivity contribution in [3.63, 3.8) is 0 Å². The summed E-state index contributed by atoms with van der Waals surface area (Å²) in [5, 5.41) is 5.96. The minimum Gasteiger partial charge on any atom is -0.337 e. The summed E-state index contributed by atoms with van der Waals surface area (Å²) in [7, 11) is 1.75. The van der Waals surface area contributed by atoms with Gasteiger partial charge in [-0.15, -0.1) is 0 Å². The third-order valence-corrected chi connectivity index (χ3v) is 8.80. The molecule has 214 valence electrons. The molecule has 6 rings (SSSR count). The van der Waals surface area contributed by atoms with Gasteiger partial charge in [-0.05, 0) is 85.0 Å². The monoisotopic (exact) mass is 672 g/mol. The number of likely N-dealkylation sites (N-methyl/N-ethyl adjacent to an activating group) is 1. The van der Waals surface area contributed by atoms with Gasteiger partial charge in [0.25, 0.3) is 0 Å². The van der Waals surface area contributed by atoms with Crippen molar-refractivity contribution in [1.29, 1.82) is 0 Å². The number of benzene rings is 1. The zero-order chi connectivity index (χ0) is 28.7. The topological polar surface area (TPSA) is 101 Å². The Bertz CT molecular complexity index is 1620. The van der Waals surface area contributed by atoms with E-state index in [0.29, 0.717) is 48.9 Å². The minimum atomic E-state index is -0.647. The maximum atomic E-state index is 15.3. The molecule has 0 atom stereocenters. The molecule has 4 aromatic rings.